The Balaban J connectivity index is 1.57. The highest BCUT2D eigenvalue weighted by atomic mass is 35.5. The number of amides is 2. The lowest BCUT2D eigenvalue weighted by molar-refractivity contribution is -0.143. The van der Waals surface area contributed by atoms with Crippen LogP contribution in [0.3, 0.4) is 0 Å². The monoisotopic (exact) mass is 379 g/mol. The first-order valence-electron chi connectivity index (χ1n) is 7.62. The Labute approximate surface area is 154 Å². The Kier molecular flexibility index (Phi) is 5.35. The Morgan fingerprint density at radius 1 is 1.04 bits per heavy atom. The van der Waals surface area contributed by atoms with Crippen molar-refractivity contribution >= 4 is 46.7 Å². The summed E-state index contributed by atoms with van der Waals surface area (Å²) in [5.41, 5.74) is 0.348. The van der Waals surface area contributed by atoms with Crippen molar-refractivity contribution in [2.24, 2.45) is 0 Å². The van der Waals surface area contributed by atoms with Crippen LogP contribution in [0.5, 0.6) is 0 Å². The van der Waals surface area contributed by atoms with Crippen LogP contribution in [-0.4, -0.2) is 52.9 Å². The molecule has 0 aliphatic carbocycles. The van der Waals surface area contributed by atoms with Gasteiger partial charge in [0.2, 0.25) is 5.95 Å². The fourth-order valence-electron chi connectivity index (χ4n) is 2.47. The predicted octanol–water partition coefficient (Wildman–Crippen LogP) is 2.07. The van der Waals surface area contributed by atoms with Gasteiger partial charge in [-0.2, -0.15) is 0 Å². The number of nitrogens with one attached hydrogen (secondary N) is 1. The molecule has 0 atom stereocenters. The number of piperazine rings is 1. The molecule has 1 aliphatic heterocycles. The molecule has 0 unspecified atom stereocenters. The quantitative estimate of drug-likeness (QED) is 0.808. The highest BCUT2D eigenvalue weighted by Gasteiger charge is 2.27. The molecule has 1 aliphatic rings. The third kappa shape index (κ3) is 4.18. The van der Waals surface area contributed by atoms with Gasteiger partial charge < -0.3 is 15.1 Å². The third-order valence-electron chi connectivity index (χ3n) is 3.78. The van der Waals surface area contributed by atoms with Gasteiger partial charge in [0.1, 0.15) is 0 Å². The third-order valence-corrected chi connectivity index (χ3v) is 4.32. The summed E-state index contributed by atoms with van der Waals surface area (Å²) in [7, 11) is 0. The van der Waals surface area contributed by atoms with E-state index in [4.69, 9.17) is 23.2 Å². The lowest BCUT2D eigenvalue weighted by Crippen LogP contribution is -2.52. The van der Waals surface area contributed by atoms with Crippen molar-refractivity contribution in [3.05, 3.63) is 46.7 Å². The van der Waals surface area contributed by atoms with Gasteiger partial charge in [0.25, 0.3) is 0 Å². The number of nitrogens with zero attached hydrogens (tertiary/aromatic N) is 4. The number of anilines is 2. The molecule has 130 valence electrons. The molecule has 7 nitrogen and oxygen atoms in total. The lowest BCUT2D eigenvalue weighted by atomic mass is 10.3. The van der Waals surface area contributed by atoms with Crippen molar-refractivity contribution in [2.45, 2.75) is 0 Å². The molecule has 0 radical (unpaired) electrons. The van der Waals surface area contributed by atoms with Crippen LogP contribution >= 0.6 is 23.2 Å². The second kappa shape index (κ2) is 7.67. The minimum absolute atomic E-state index is 0.277. The molecule has 9 heteroatoms. The molecule has 0 bridgehead atoms. The molecule has 1 fully saturated rings. The van der Waals surface area contributed by atoms with Crippen LogP contribution in [0, 0.1) is 0 Å². The molecule has 2 amide bonds. The van der Waals surface area contributed by atoms with Gasteiger partial charge in [-0.15, -0.1) is 0 Å². The van der Waals surface area contributed by atoms with Crippen LogP contribution in [0.1, 0.15) is 0 Å². The highest BCUT2D eigenvalue weighted by Crippen LogP contribution is 2.25. The molecule has 1 saturated heterocycles. The maximum absolute atomic E-state index is 12.3. The first-order valence-corrected chi connectivity index (χ1v) is 8.37. The Morgan fingerprint density at radius 3 is 2.36 bits per heavy atom. The molecular formula is C16H15Cl2N5O2. The average molecular weight is 380 g/mol. The van der Waals surface area contributed by atoms with Crippen molar-refractivity contribution in [3.8, 4) is 0 Å². The van der Waals surface area contributed by atoms with Gasteiger partial charge in [-0.3, -0.25) is 9.59 Å². The van der Waals surface area contributed by atoms with Gasteiger partial charge in [0, 0.05) is 43.6 Å². The molecule has 25 heavy (non-hydrogen) atoms. The number of rotatable bonds is 2. The summed E-state index contributed by atoms with van der Waals surface area (Å²) >= 11 is 11.8. The van der Waals surface area contributed by atoms with Crippen LogP contribution in [-0.2, 0) is 9.59 Å². The van der Waals surface area contributed by atoms with E-state index in [2.05, 4.69) is 15.3 Å². The van der Waals surface area contributed by atoms with Gasteiger partial charge in [0.05, 0.1) is 10.7 Å². The summed E-state index contributed by atoms with van der Waals surface area (Å²) in [5, 5.41) is 3.25. The van der Waals surface area contributed by atoms with Crippen molar-refractivity contribution in [1.29, 1.82) is 0 Å². The van der Waals surface area contributed by atoms with Gasteiger partial charge in [0.15, 0.2) is 0 Å². The standard InChI is InChI=1S/C16H15Cl2N5O2/c17-11-2-3-13(12(18)10-11)21-14(24)15(25)22-6-8-23(9-7-22)16-19-4-1-5-20-16/h1-5,10H,6-9H2,(H,21,24). The Hall–Kier alpha value is -2.38. The molecule has 3 rings (SSSR count). The number of aromatic nitrogens is 2. The maximum atomic E-state index is 12.3. The first-order chi connectivity index (χ1) is 12.0. The second-order valence-corrected chi connectivity index (χ2v) is 6.25. The number of benzene rings is 1. The molecule has 1 aromatic heterocycles. The van der Waals surface area contributed by atoms with Crippen molar-refractivity contribution < 1.29 is 9.59 Å². The van der Waals surface area contributed by atoms with E-state index in [0.29, 0.717) is 42.8 Å². The first kappa shape index (κ1) is 17.4. The van der Waals surface area contributed by atoms with E-state index in [0.717, 1.165) is 0 Å². The number of hydrogen-bond donors (Lipinski definition) is 1. The van der Waals surface area contributed by atoms with E-state index < -0.39 is 11.8 Å². The fourth-order valence-corrected chi connectivity index (χ4v) is 2.93. The van der Waals surface area contributed by atoms with Gasteiger partial charge >= 0.3 is 11.8 Å². The number of carbonyl (C=O) groups is 2. The van der Waals surface area contributed by atoms with Crippen molar-refractivity contribution in [3.63, 3.8) is 0 Å². The fraction of sp³-hybridized carbons (Fsp3) is 0.250. The van der Waals surface area contributed by atoms with E-state index in [1.807, 2.05) is 4.90 Å². The topological polar surface area (TPSA) is 78.4 Å². The molecule has 1 aromatic carbocycles. The zero-order chi connectivity index (χ0) is 17.8. The van der Waals surface area contributed by atoms with Crippen molar-refractivity contribution in [1.82, 2.24) is 14.9 Å². The smallest absolute Gasteiger partial charge is 0.313 e. The highest BCUT2D eigenvalue weighted by molar-refractivity contribution is 6.42. The van der Waals surface area contributed by atoms with Crippen molar-refractivity contribution in [2.75, 3.05) is 36.4 Å². The Bertz CT molecular complexity index is 779. The lowest BCUT2D eigenvalue weighted by Gasteiger charge is -2.34. The molecule has 2 heterocycles. The molecular weight excluding hydrogens is 365 g/mol. The van der Waals surface area contributed by atoms with Crippen LogP contribution in [0.25, 0.3) is 0 Å². The summed E-state index contributed by atoms with van der Waals surface area (Å²) < 4.78 is 0. The average Bonchev–Trinajstić information content (AvgIpc) is 2.64. The summed E-state index contributed by atoms with van der Waals surface area (Å²) in [5.74, 6) is -0.708. The van der Waals surface area contributed by atoms with Crippen LogP contribution in [0.2, 0.25) is 10.0 Å². The molecule has 2 aromatic rings. The van der Waals surface area contributed by atoms with Crippen LogP contribution in [0.4, 0.5) is 11.6 Å². The van der Waals surface area contributed by atoms with E-state index in [1.165, 1.54) is 11.0 Å². The maximum Gasteiger partial charge on any atom is 0.313 e. The zero-order valence-electron chi connectivity index (χ0n) is 13.2. The molecule has 1 N–H and O–H groups in total. The SMILES string of the molecule is O=C(Nc1ccc(Cl)cc1Cl)C(=O)N1CCN(c2ncccn2)CC1. The zero-order valence-corrected chi connectivity index (χ0v) is 14.7. The summed E-state index contributed by atoms with van der Waals surface area (Å²) in [6, 6.07) is 6.39. The molecule has 0 spiro atoms. The number of carbonyl (C=O) groups excluding carboxylic acids is 2. The number of halogens is 2. The van der Waals surface area contributed by atoms with Gasteiger partial charge in [-0.25, -0.2) is 9.97 Å². The van der Waals surface area contributed by atoms with E-state index in [-0.39, 0.29) is 5.02 Å². The summed E-state index contributed by atoms with van der Waals surface area (Å²) in [6.45, 7) is 1.95. The minimum atomic E-state index is -0.728. The summed E-state index contributed by atoms with van der Waals surface area (Å²) in [4.78, 5) is 36.3. The van der Waals surface area contributed by atoms with Gasteiger partial charge in [-0.05, 0) is 24.3 Å². The Morgan fingerprint density at radius 2 is 1.72 bits per heavy atom. The van der Waals surface area contributed by atoms with E-state index >= 15 is 0 Å². The largest absolute Gasteiger partial charge is 0.337 e. The predicted molar refractivity (Wildman–Crippen MR) is 95.9 cm³/mol. The van der Waals surface area contributed by atoms with Crippen LogP contribution < -0.4 is 10.2 Å². The summed E-state index contributed by atoms with van der Waals surface area (Å²) in [6.07, 6.45) is 3.34. The van der Waals surface area contributed by atoms with Gasteiger partial charge in [-0.1, -0.05) is 23.2 Å². The van der Waals surface area contributed by atoms with E-state index in [9.17, 15) is 9.59 Å². The normalized spacial score (nSPS) is 14.3. The minimum Gasteiger partial charge on any atom is -0.337 e. The number of hydrogen-bond acceptors (Lipinski definition) is 5. The molecule has 0 saturated carbocycles. The van der Waals surface area contributed by atoms with E-state index in [1.54, 1.807) is 30.6 Å². The second-order valence-electron chi connectivity index (χ2n) is 5.41. The van der Waals surface area contributed by atoms with Crippen LogP contribution in [0.15, 0.2) is 36.7 Å².